The van der Waals surface area contributed by atoms with Crippen LogP contribution in [0.3, 0.4) is 0 Å². The van der Waals surface area contributed by atoms with E-state index in [0.29, 0.717) is 10.7 Å². The highest BCUT2D eigenvalue weighted by Gasteiger charge is 2.29. The van der Waals surface area contributed by atoms with Crippen molar-refractivity contribution in [3.63, 3.8) is 0 Å². The van der Waals surface area contributed by atoms with Crippen LogP contribution in [0, 0.1) is 5.92 Å². The minimum Gasteiger partial charge on any atom is -0.370 e. The number of nitrogens with zero attached hydrogens (tertiary/aromatic N) is 1. The van der Waals surface area contributed by atoms with Crippen LogP contribution in [0.4, 0.5) is 0 Å². The molecule has 2 aliphatic rings. The third-order valence-corrected chi connectivity index (χ3v) is 5.20. The summed E-state index contributed by atoms with van der Waals surface area (Å²) in [4.78, 5) is 4.47. The Balaban J connectivity index is 0.00000144. The molecule has 1 heterocycles. The first-order valence-corrected chi connectivity index (χ1v) is 7.34. The van der Waals surface area contributed by atoms with Gasteiger partial charge in [-0.3, -0.25) is 4.99 Å². The molecule has 1 aliphatic heterocycles. The number of hydrogen-bond acceptors (Lipinski definition) is 2. The normalized spacial score (nSPS) is 29.6. The van der Waals surface area contributed by atoms with Crippen LogP contribution in [0.1, 0.15) is 39.0 Å². The number of rotatable bonds is 4. The molecule has 0 spiro atoms. The van der Waals surface area contributed by atoms with Crippen molar-refractivity contribution in [1.82, 2.24) is 5.32 Å². The number of guanidine groups is 1. The van der Waals surface area contributed by atoms with Gasteiger partial charge in [-0.25, -0.2) is 0 Å². The third-order valence-electron chi connectivity index (χ3n) is 3.68. The Morgan fingerprint density at radius 1 is 1.47 bits per heavy atom. The second-order valence-corrected chi connectivity index (χ2v) is 6.96. The van der Waals surface area contributed by atoms with Gasteiger partial charge in [0.1, 0.15) is 0 Å². The van der Waals surface area contributed by atoms with Crippen LogP contribution in [0.2, 0.25) is 0 Å². The maximum absolute atomic E-state index is 5.87. The van der Waals surface area contributed by atoms with E-state index in [2.05, 4.69) is 17.2 Å². The monoisotopic (exact) mass is 369 g/mol. The van der Waals surface area contributed by atoms with Gasteiger partial charge < -0.3 is 11.1 Å². The van der Waals surface area contributed by atoms with Crippen LogP contribution >= 0.6 is 35.7 Å². The largest absolute Gasteiger partial charge is 0.370 e. The van der Waals surface area contributed by atoms with E-state index in [-0.39, 0.29) is 24.0 Å². The molecular weight excluding hydrogens is 345 g/mol. The zero-order valence-corrected chi connectivity index (χ0v) is 13.7. The first-order valence-electron chi connectivity index (χ1n) is 6.36. The number of nitrogens with one attached hydrogen (secondary N) is 1. The second kappa shape index (κ2) is 7.07. The average molecular weight is 369 g/mol. The SMILES string of the molecule is CC1(CN=C(N)NCC2CCC2)CCCS1.I. The first kappa shape index (κ1) is 15.4. The van der Waals surface area contributed by atoms with Crippen LogP contribution in [0.5, 0.6) is 0 Å². The topological polar surface area (TPSA) is 50.4 Å². The summed E-state index contributed by atoms with van der Waals surface area (Å²) in [5.41, 5.74) is 5.87. The van der Waals surface area contributed by atoms with Crippen LogP contribution in [-0.4, -0.2) is 29.5 Å². The molecule has 1 atom stereocenters. The van der Waals surface area contributed by atoms with Crippen molar-refractivity contribution in [2.75, 3.05) is 18.8 Å². The van der Waals surface area contributed by atoms with Crippen LogP contribution in [0.15, 0.2) is 4.99 Å². The van der Waals surface area contributed by atoms with Gasteiger partial charge in [-0.15, -0.1) is 24.0 Å². The molecule has 2 fully saturated rings. The maximum Gasteiger partial charge on any atom is 0.188 e. The molecule has 1 aliphatic carbocycles. The molecule has 1 unspecified atom stereocenters. The highest BCUT2D eigenvalue weighted by atomic mass is 127. The van der Waals surface area contributed by atoms with Crippen LogP contribution in [-0.2, 0) is 0 Å². The van der Waals surface area contributed by atoms with Gasteiger partial charge in [0.05, 0.1) is 6.54 Å². The Kier molecular flexibility index (Phi) is 6.40. The molecule has 0 aromatic heterocycles. The predicted molar refractivity (Wildman–Crippen MR) is 87.3 cm³/mol. The van der Waals surface area contributed by atoms with Gasteiger partial charge in [-0.1, -0.05) is 6.42 Å². The van der Waals surface area contributed by atoms with Gasteiger partial charge in [-0.05, 0) is 44.3 Å². The molecule has 0 bridgehead atoms. The lowest BCUT2D eigenvalue weighted by Crippen LogP contribution is -2.38. The fraction of sp³-hybridized carbons (Fsp3) is 0.917. The average Bonchev–Trinajstić information content (AvgIpc) is 2.61. The van der Waals surface area contributed by atoms with E-state index in [0.717, 1.165) is 19.0 Å². The molecular formula is C12H24IN3S. The second-order valence-electron chi connectivity index (χ2n) is 5.28. The third kappa shape index (κ3) is 4.85. The molecule has 1 saturated carbocycles. The minimum atomic E-state index is 0. The van der Waals surface area contributed by atoms with E-state index in [1.54, 1.807) is 0 Å². The fourth-order valence-corrected chi connectivity index (χ4v) is 3.44. The number of halogens is 1. The highest BCUT2D eigenvalue weighted by molar-refractivity contribution is 14.0. The molecule has 3 nitrogen and oxygen atoms in total. The quantitative estimate of drug-likeness (QED) is 0.455. The molecule has 2 rings (SSSR count). The van der Waals surface area contributed by atoms with Crippen LogP contribution in [0.25, 0.3) is 0 Å². The van der Waals surface area contributed by atoms with E-state index in [1.165, 1.54) is 37.9 Å². The summed E-state index contributed by atoms with van der Waals surface area (Å²) >= 11 is 2.04. The highest BCUT2D eigenvalue weighted by Crippen LogP contribution is 2.37. The Bertz CT molecular complexity index is 260. The standard InChI is InChI=1S/C12H23N3S.HI/c1-12(6-3-7-16-12)9-15-11(13)14-8-10-4-2-5-10;/h10H,2-9H2,1H3,(H3,13,14,15);1H. The zero-order valence-electron chi connectivity index (χ0n) is 10.6. The summed E-state index contributed by atoms with van der Waals surface area (Å²) in [5.74, 6) is 2.76. The van der Waals surface area contributed by atoms with E-state index < -0.39 is 0 Å². The van der Waals surface area contributed by atoms with Crippen molar-refractivity contribution in [3.05, 3.63) is 0 Å². The lowest BCUT2D eigenvalue weighted by molar-refractivity contribution is 0.315. The van der Waals surface area contributed by atoms with Crippen molar-refractivity contribution < 1.29 is 0 Å². The molecule has 100 valence electrons. The maximum atomic E-state index is 5.87. The van der Waals surface area contributed by atoms with Crippen molar-refractivity contribution in [3.8, 4) is 0 Å². The van der Waals surface area contributed by atoms with Gasteiger partial charge in [0.25, 0.3) is 0 Å². The van der Waals surface area contributed by atoms with Gasteiger partial charge >= 0.3 is 0 Å². The Hall–Kier alpha value is 0.350. The molecule has 17 heavy (non-hydrogen) atoms. The molecule has 0 aromatic carbocycles. The molecule has 0 aromatic rings. The molecule has 1 saturated heterocycles. The lowest BCUT2D eigenvalue weighted by Gasteiger charge is -2.26. The Morgan fingerprint density at radius 2 is 2.24 bits per heavy atom. The minimum absolute atomic E-state index is 0. The lowest BCUT2D eigenvalue weighted by atomic mass is 9.85. The van der Waals surface area contributed by atoms with E-state index in [1.807, 2.05) is 11.8 Å². The molecule has 3 N–H and O–H groups in total. The van der Waals surface area contributed by atoms with Crippen molar-refractivity contribution in [2.24, 2.45) is 16.6 Å². The van der Waals surface area contributed by atoms with Crippen molar-refractivity contribution in [2.45, 2.75) is 43.8 Å². The van der Waals surface area contributed by atoms with Gasteiger partial charge in [0, 0.05) is 11.3 Å². The van der Waals surface area contributed by atoms with E-state index >= 15 is 0 Å². The summed E-state index contributed by atoms with van der Waals surface area (Å²) in [6.45, 7) is 4.17. The van der Waals surface area contributed by atoms with E-state index in [9.17, 15) is 0 Å². The van der Waals surface area contributed by atoms with Gasteiger partial charge in [-0.2, -0.15) is 11.8 Å². The summed E-state index contributed by atoms with van der Waals surface area (Å²) in [6.07, 6.45) is 6.70. The summed E-state index contributed by atoms with van der Waals surface area (Å²) < 4.78 is 0.336. The molecule has 0 amide bonds. The number of nitrogens with two attached hydrogens (primary N) is 1. The van der Waals surface area contributed by atoms with Gasteiger partial charge in [0.2, 0.25) is 0 Å². The molecule has 5 heteroatoms. The number of aliphatic imine (C=N–C) groups is 1. The van der Waals surface area contributed by atoms with E-state index in [4.69, 9.17) is 5.73 Å². The Morgan fingerprint density at radius 3 is 2.76 bits per heavy atom. The zero-order chi connectivity index (χ0) is 11.4. The van der Waals surface area contributed by atoms with Crippen molar-refractivity contribution in [1.29, 1.82) is 0 Å². The Labute approximate surface area is 126 Å². The molecule has 0 radical (unpaired) electrons. The number of hydrogen-bond donors (Lipinski definition) is 2. The fourth-order valence-electron chi connectivity index (χ4n) is 2.22. The smallest absolute Gasteiger partial charge is 0.188 e. The summed E-state index contributed by atoms with van der Waals surface area (Å²) in [7, 11) is 0. The first-order chi connectivity index (χ1) is 7.68. The van der Waals surface area contributed by atoms with Gasteiger partial charge in [0.15, 0.2) is 5.96 Å². The van der Waals surface area contributed by atoms with Crippen molar-refractivity contribution >= 4 is 41.7 Å². The van der Waals surface area contributed by atoms with Crippen LogP contribution < -0.4 is 11.1 Å². The summed E-state index contributed by atoms with van der Waals surface area (Å²) in [5, 5.41) is 3.24. The summed E-state index contributed by atoms with van der Waals surface area (Å²) in [6, 6.07) is 0. The number of thioether (sulfide) groups is 1. The predicted octanol–water partition coefficient (Wildman–Crippen LogP) is 2.59.